The number of rotatable bonds is 5. The molecule has 0 bridgehead atoms. The largest absolute Gasteiger partial charge is 0.406 e. The van der Waals surface area contributed by atoms with Crippen molar-refractivity contribution >= 4 is 17.5 Å². The Labute approximate surface area is 137 Å². The molecule has 2 nitrogen and oxygen atoms in total. The van der Waals surface area contributed by atoms with Crippen LogP contribution < -0.4 is 0 Å². The molecule has 0 atom stereocenters. The lowest BCUT2D eigenvalue weighted by Gasteiger charge is -2.12. The Balaban J connectivity index is 2.12. The summed E-state index contributed by atoms with van der Waals surface area (Å²) in [6.07, 6.45) is -4.30. The summed E-state index contributed by atoms with van der Waals surface area (Å²) < 4.78 is 39.0. The second-order valence-electron chi connectivity index (χ2n) is 5.51. The molecule has 0 radical (unpaired) electrons. The number of carbonyl (C=O) groups excluding carboxylic acids is 1. The highest BCUT2D eigenvalue weighted by molar-refractivity contribution is 8.00. The van der Waals surface area contributed by atoms with E-state index < -0.39 is 12.7 Å². The Bertz CT molecular complexity index is 719. The van der Waals surface area contributed by atoms with Crippen molar-refractivity contribution < 1.29 is 18.0 Å². The van der Waals surface area contributed by atoms with Gasteiger partial charge >= 0.3 is 6.18 Å². The maximum absolute atomic E-state index is 12.6. The van der Waals surface area contributed by atoms with Crippen LogP contribution in [0.25, 0.3) is 0 Å². The first-order valence-electron chi connectivity index (χ1n) is 7.13. The molecule has 1 aromatic heterocycles. The fraction of sp³-hybridized carbons (Fsp3) is 0.353. The van der Waals surface area contributed by atoms with E-state index in [0.29, 0.717) is 17.0 Å². The first-order valence-corrected chi connectivity index (χ1v) is 8.12. The highest BCUT2D eigenvalue weighted by Crippen LogP contribution is 2.25. The van der Waals surface area contributed by atoms with Crippen LogP contribution in [0.15, 0.2) is 35.2 Å². The highest BCUT2D eigenvalue weighted by Gasteiger charge is 2.30. The smallest absolute Gasteiger partial charge is 0.339 e. The predicted molar refractivity (Wildman–Crippen MR) is 86.2 cm³/mol. The number of nitrogens with zero attached hydrogens (tertiary/aromatic N) is 1. The van der Waals surface area contributed by atoms with Gasteiger partial charge in [0.25, 0.3) is 0 Å². The van der Waals surface area contributed by atoms with Gasteiger partial charge in [0, 0.05) is 21.8 Å². The number of aromatic nitrogens is 1. The predicted octanol–water partition coefficient (Wildman–Crippen LogP) is 4.95. The summed E-state index contributed by atoms with van der Waals surface area (Å²) in [5, 5.41) is 0. The van der Waals surface area contributed by atoms with Crippen molar-refractivity contribution in [1.29, 1.82) is 0 Å². The van der Waals surface area contributed by atoms with E-state index in [-0.39, 0.29) is 11.5 Å². The van der Waals surface area contributed by atoms with Gasteiger partial charge in [-0.3, -0.25) is 4.79 Å². The van der Waals surface area contributed by atoms with Crippen molar-refractivity contribution in [3.63, 3.8) is 0 Å². The Morgan fingerprint density at radius 1 is 1.17 bits per heavy atom. The average Bonchev–Trinajstić information content (AvgIpc) is 2.71. The summed E-state index contributed by atoms with van der Waals surface area (Å²) >= 11 is 1.39. The SMILES string of the molecule is Cc1cccc(SCC(=O)c2cc(C)n(CC(F)(F)F)c2C)c1. The van der Waals surface area contributed by atoms with E-state index >= 15 is 0 Å². The molecule has 1 heterocycles. The average molecular weight is 341 g/mol. The molecular weight excluding hydrogens is 323 g/mol. The van der Waals surface area contributed by atoms with Gasteiger partial charge in [0.2, 0.25) is 0 Å². The van der Waals surface area contributed by atoms with Crippen LogP contribution in [-0.2, 0) is 6.54 Å². The van der Waals surface area contributed by atoms with Crippen molar-refractivity contribution in [3.8, 4) is 0 Å². The summed E-state index contributed by atoms with van der Waals surface area (Å²) in [6, 6.07) is 9.32. The lowest BCUT2D eigenvalue weighted by Crippen LogP contribution is -2.19. The van der Waals surface area contributed by atoms with Crippen molar-refractivity contribution in [1.82, 2.24) is 4.57 Å². The molecule has 0 amide bonds. The highest BCUT2D eigenvalue weighted by atomic mass is 32.2. The fourth-order valence-electron chi connectivity index (χ4n) is 2.44. The maximum atomic E-state index is 12.6. The van der Waals surface area contributed by atoms with Crippen molar-refractivity contribution in [2.24, 2.45) is 0 Å². The summed E-state index contributed by atoms with van der Waals surface area (Å²) in [5.74, 6) is 0.0535. The van der Waals surface area contributed by atoms with Crippen LogP contribution >= 0.6 is 11.8 Å². The third kappa shape index (κ3) is 4.64. The number of hydrogen-bond acceptors (Lipinski definition) is 2. The van der Waals surface area contributed by atoms with E-state index in [1.165, 1.54) is 11.8 Å². The summed E-state index contributed by atoms with van der Waals surface area (Å²) in [4.78, 5) is 13.3. The van der Waals surface area contributed by atoms with E-state index in [0.717, 1.165) is 15.0 Å². The zero-order chi connectivity index (χ0) is 17.2. The molecule has 0 unspecified atom stereocenters. The quantitative estimate of drug-likeness (QED) is 0.567. The van der Waals surface area contributed by atoms with Crippen LogP contribution in [0.3, 0.4) is 0 Å². The van der Waals surface area contributed by atoms with Crippen LogP contribution in [0.1, 0.15) is 27.3 Å². The molecule has 0 spiro atoms. The number of hydrogen-bond donors (Lipinski definition) is 0. The zero-order valence-electron chi connectivity index (χ0n) is 13.2. The summed E-state index contributed by atoms with van der Waals surface area (Å²) in [7, 11) is 0. The minimum Gasteiger partial charge on any atom is -0.339 e. The van der Waals surface area contributed by atoms with Crippen molar-refractivity contribution in [2.75, 3.05) is 5.75 Å². The topological polar surface area (TPSA) is 22.0 Å². The van der Waals surface area contributed by atoms with Gasteiger partial charge in [-0.2, -0.15) is 13.2 Å². The summed E-state index contributed by atoms with van der Waals surface area (Å²) in [5.41, 5.74) is 2.29. The zero-order valence-corrected chi connectivity index (χ0v) is 14.0. The minimum absolute atomic E-state index is 0.155. The molecule has 6 heteroatoms. The van der Waals surface area contributed by atoms with Gasteiger partial charge in [-0.05, 0) is 39.0 Å². The van der Waals surface area contributed by atoms with Gasteiger partial charge < -0.3 is 4.57 Å². The Hall–Kier alpha value is -1.69. The standard InChI is InChI=1S/C17H18F3NOS/c1-11-5-4-6-14(7-11)23-9-16(22)15-8-12(2)21(13(15)3)10-17(18,19)20/h4-8H,9-10H2,1-3H3. The van der Waals surface area contributed by atoms with Gasteiger partial charge in [-0.25, -0.2) is 0 Å². The van der Waals surface area contributed by atoms with Gasteiger partial charge in [-0.1, -0.05) is 17.7 Å². The lowest BCUT2D eigenvalue weighted by molar-refractivity contribution is -0.141. The molecule has 2 rings (SSSR count). The summed E-state index contributed by atoms with van der Waals surface area (Å²) in [6.45, 7) is 4.05. The van der Waals surface area contributed by atoms with Gasteiger partial charge in [0.05, 0.1) is 5.75 Å². The Kier molecular flexibility index (Phi) is 5.24. The van der Waals surface area contributed by atoms with E-state index in [2.05, 4.69) is 0 Å². The Morgan fingerprint density at radius 3 is 2.48 bits per heavy atom. The number of Topliss-reactive ketones (excluding diaryl/α,β-unsaturated/α-hetero) is 1. The minimum atomic E-state index is -4.30. The first-order chi connectivity index (χ1) is 10.7. The molecule has 0 aliphatic carbocycles. The number of benzene rings is 1. The van der Waals surface area contributed by atoms with Gasteiger partial charge in [-0.15, -0.1) is 11.8 Å². The molecule has 1 aromatic carbocycles. The van der Waals surface area contributed by atoms with E-state index in [1.54, 1.807) is 19.9 Å². The van der Waals surface area contributed by atoms with Gasteiger partial charge in [0.15, 0.2) is 5.78 Å². The molecule has 0 fully saturated rings. The van der Waals surface area contributed by atoms with E-state index in [1.807, 2.05) is 31.2 Å². The molecule has 0 N–H and O–H groups in total. The third-order valence-corrected chi connectivity index (χ3v) is 4.56. The molecule has 0 saturated heterocycles. The maximum Gasteiger partial charge on any atom is 0.406 e. The fourth-order valence-corrected chi connectivity index (χ4v) is 3.34. The first kappa shape index (κ1) is 17.7. The van der Waals surface area contributed by atoms with Gasteiger partial charge in [0.1, 0.15) is 6.54 Å². The molecule has 0 aliphatic heterocycles. The number of halogens is 3. The molecule has 124 valence electrons. The lowest BCUT2D eigenvalue weighted by atomic mass is 10.2. The second-order valence-corrected chi connectivity index (χ2v) is 6.56. The van der Waals surface area contributed by atoms with Crippen molar-refractivity contribution in [2.45, 2.75) is 38.4 Å². The molecule has 0 aliphatic rings. The van der Waals surface area contributed by atoms with E-state index in [9.17, 15) is 18.0 Å². The number of carbonyl (C=O) groups is 1. The number of aryl methyl sites for hydroxylation is 2. The van der Waals surface area contributed by atoms with Crippen molar-refractivity contribution in [3.05, 3.63) is 52.8 Å². The number of ketones is 1. The molecule has 23 heavy (non-hydrogen) atoms. The molecular formula is C17H18F3NOS. The molecule has 2 aromatic rings. The van der Waals surface area contributed by atoms with E-state index in [4.69, 9.17) is 0 Å². The Morgan fingerprint density at radius 2 is 1.87 bits per heavy atom. The van der Waals surface area contributed by atoms with Crippen LogP contribution in [-0.4, -0.2) is 22.3 Å². The second kappa shape index (κ2) is 6.83. The van der Waals surface area contributed by atoms with Crippen LogP contribution in [0.4, 0.5) is 13.2 Å². The van der Waals surface area contributed by atoms with Crippen LogP contribution in [0.2, 0.25) is 0 Å². The normalized spacial score (nSPS) is 11.7. The number of thioether (sulfide) groups is 1. The van der Waals surface area contributed by atoms with Crippen LogP contribution in [0.5, 0.6) is 0 Å². The monoisotopic (exact) mass is 341 g/mol. The molecule has 0 saturated carbocycles. The number of alkyl halides is 3. The van der Waals surface area contributed by atoms with Crippen LogP contribution in [0, 0.1) is 20.8 Å². The third-order valence-electron chi connectivity index (χ3n) is 3.57.